The van der Waals surface area contributed by atoms with E-state index in [-0.39, 0.29) is 12.5 Å². The molecule has 1 fully saturated rings. The zero-order valence-electron chi connectivity index (χ0n) is 12.1. The summed E-state index contributed by atoms with van der Waals surface area (Å²) in [5.41, 5.74) is -0.492. The van der Waals surface area contributed by atoms with E-state index in [9.17, 15) is 9.59 Å². The highest BCUT2D eigenvalue weighted by atomic mass is 16.4. The maximum atomic E-state index is 12.2. The lowest BCUT2D eigenvalue weighted by molar-refractivity contribution is -0.137. The summed E-state index contributed by atoms with van der Waals surface area (Å²) in [4.78, 5) is 26.8. The Morgan fingerprint density at radius 2 is 1.89 bits per heavy atom. The Hall–Kier alpha value is -1.30. The largest absolute Gasteiger partial charge is 0.481 e. The quantitative estimate of drug-likeness (QED) is 0.799. The summed E-state index contributed by atoms with van der Waals surface area (Å²) in [6.07, 6.45) is 1.47. The molecule has 0 aromatic rings. The molecular formula is C13H25N3O3. The minimum absolute atomic E-state index is 0.0655. The fourth-order valence-corrected chi connectivity index (χ4v) is 2.10. The number of carboxylic acids is 1. The smallest absolute Gasteiger partial charge is 0.317 e. The molecule has 0 unspecified atom stereocenters. The summed E-state index contributed by atoms with van der Waals surface area (Å²) in [6, 6.07) is -0.0920. The number of nitrogens with one attached hydrogen (secondary N) is 1. The van der Waals surface area contributed by atoms with E-state index in [0.29, 0.717) is 6.42 Å². The molecule has 110 valence electrons. The summed E-state index contributed by atoms with van der Waals surface area (Å²) in [7, 11) is 2.05. The number of nitrogens with zero attached hydrogens (tertiary/aromatic N) is 2. The van der Waals surface area contributed by atoms with Crippen LogP contribution >= 0.6 is 0 Å². The van der Waals surface area contributed by atoms with E-state index in [1.54, 1.807) is 0 Å². The second-order valence-corrected chi connectivity index (χ2v) is 5.85. The number of carbonyl (C=O) groups excluding carboxylic acids is 1. The average Bonchev–Trinajstić information content (AvgIpc) is 2.51. The number of carbonyl (C=O) groups is 2. The first kappa shape index (κ1) is 15.8. The molecule has 0 bridgehead atoms. The first-order valence-electron chi connectivity index (χ1n) is 6.77. The molecule has 1 heterocycles. The third-order valence-electron chi connectivity index (χ3n) is 3.42. The minimum Gasteiger partial charge on any atom is -0.481 e. The van der Waals surface area contributed by atoms with Gasteiger partial charge in [-0.05, 0) is 40.3 Å². The molecule has 0 aromatic carbocycles. The summed E-state index contributed by atoms with van der Waals surface area (Å²) in [5.74, 6) is -0.835. The highest BCUT2D eigenvalue weighted by Crippen LogP contribution is 2.12. The second-order valence-electron chi connectivity index (χ2n) is 5.85. The molecule has 0 radical (unpaired) electrons. The number of hydrogen-bond donors (Lipinski definition) is 2. The van der Waals surface area contributed by atoms with E-state index in [1.165, 1.54) is 0 Å². The van der Waals surface area contributed by atoms with Gasteiger partial charge in [-0.3, -0.25) is 4.79 Å². The van der Waals surface area contributed by atoms with Gasteiger partial charge in [-0.25, -0.2) is 4.79 Å². The first-order chi connectivity index (χ1) is 8.80. The predicted octanol–water partition coefficient (Wildman–Crippen LogP) is 0.977. The Bertz CT molecular complexity index is 331. The van der Waals surface area contributed by atoms with Crippen LogP contribution in [0.25, 0.3) is 0 Å². The van der Waals surface area contributed by atoms with E-state index in [1.807, 2.05) is 18.7 Å². The predicted molar refractivity (Wildman–Crippen MR) is 73.2 cm³/mol. The summed E-state index contributed by atoms with van der Waals surface area (Å²) in [5, 5.41) is 11.6. The molecule has 1 aliphatic rings. The molecule has 0 aromatic heterocycles. The number of amides is 2. The van der Waals surface area contributed by atoms with Crippen LogP contribution < -0.4 is 5.32 Å². The monoisotopic (exact) mass is 271 g/mol. The lowest BCUT2D eigenvalue weighted by Gasteiger charge is -2.30. The van der Waals surface area contributed by atoms with E-state index in [4.69, 9.17) is 5.11 Å². The molecular weight excluding hydrogens is 246 g/mol. The van der Waals surface area contributed by atoms with Gasteiger partial charge in [0.15, 0.2) is 0 Å². The van der Waals surface area contributed by atoms with Crippen molar-refractivity contribution in [1.82, 2.24) is 15.1 Å². The van der Waals surface area contributed by atoms with E-state index in [2.05, 4.69) is 17.3 Å². The van der Waals surface area contributed by atoms with Crippen molar-refractivity contribution < 1.29 is 14.7 Å². The molecule has 2 N–H and O–H groups in total. The van der Waals surface area contributed by atoms with Crippen molar-refractivity contribution in [3.05, 3.63) is 0 Å². The summed E-state index contributed by atoms with van der Waals surface area (Å²) in [6.45, 7) is 7.08. The van der Waals surface area contributed by atoms with Crippen LogP contribution in [0.15, 0.2) is 0 Å². The zero-order valence-corrected chi connectivity index (χ0v) is 12.1. The third-order valence-corrected chi connectivity index (χ3v) is 3.42. The second kappa shape index (κ2) is 6.75. The van der Waals surface area contributed by atoms with Crippen molar-refractivity contribution in [2.75, 3.05) is 33.2 Å². The summed E-state index contributed by atoms with van der Waals surface area (Å²) >= 11 is 0. The van der Waals surface area contributed by atoms with Crippen molar-refractivity contribution in [2.24, 2.45) is 0 Å². The van der Waals surface area contributed by atoms with Gasteiger partial charge in [-0.2, -0.15) is 0 Å². The fraction of sp³-hybridized carbons (Fsp3) is 0.846. The number of carboxylic acid groups (broad SMARTS) is 1. The van der Waals surface area contributed by atoms with Crippen molar-refractivity contribution in [3.63, 3.8) is 0 Å². The molecule has 0 aliphatic carbocycles. The van der Waals surface area contributed by atoms with Crippen LogP contribution in [0.5, 0.6) is 0 Å². The van der Waals surface area contributed by atoms with Crippen LogP contribution in [0, 0.1) is 0 Å². The average molecular weight is 271 g/mol. The van der Waals surface area contributed by atoms with Crippen LogP contribution in [0.1, 0.15) is 33.1 Å². The SMILES string of the molecule is CN1CCCN(C(=O)NC(C)(C)CCC(=O)O)CC1. The molecule has 1 rings (SSSR count). The van der Waals surface area contributed by atoms with Gasteiger partial charge >= 0.3 is 12.0 Å². The highest BCUT2D eigenvalue weighted by molar-refractivity contribution is 5.75. The topological polar surface area (TPSA) is 72.9 Å². The standard InChI is InChI=1S/C13H25N3O3/c1-13(2,6-5-11(17)18)14-12(19)16-8-4-7-15(3)9-10-16/h4-10H2,1-3H3,(H,14,19)(H,17,18). The Balaban J connectivity index is 2.46. The normalized spacial score (nSPS) is 17.9. The minimum atomic E-state index is -0.835. The van der Waals surface area contributed by atoms with Gasteiger partial charge in [0.1, 0.15) is 0 Å². The van der Waals surface area contributed by atoms with Crippen molar-refractivity contribution in [2.45, 2.75) is 38.6 Å². The Kier molecular flexibility index (Phi) is 5.60. The van der Waals surface area contributed by atoms with Crippen LogP contribution in [-0.4, -0.2) is 65.7 Å². The van der Waals surface area contributed by atoms with E-state index in [0.717, 1.165) is 32.6 Å². The molecule has 0 atom stereocenters. The molecule has 6 nitrogen and oxygen atoms in total. The highest BCUT2D eigenvalue weighted by Gasteiger charge is 2.25. The maximum absolute atomic E-state index is 12.2. The molecule has 2 amide bonds. The molecule has 6 heteroatoms. The zero-order chi connectivity index (χ0) is 14.5. The Morgan fingerprint density at radius 1 is 1.21 bits per heavy atom. The number of aliphatic carboxylic acids is 1. The van der Waals surface area contributed by atoms with Crippen LogP contribution in [0.3, 0.4) is 0 Å². The molecule has 0 spiro atoms. The number of rotatable bonds is 4. The van der Waals surface area contributed by atoms with Gasteiger partial charge in [-0.15, -0.1) is 0 Å². The lowest BCUT2D eigenvalue weighted by atomic mass is 9.99. The van der Waals surface area contributed by atoms with Crippen molar-refractivity contribution >= 4 is 12.0 Å². The van der Waals surface area contributed by atoms with E-state index >= 15 is 0 Å². The first-order valence-corrected chi connectivity index (χ1v) is 6.77. The van der Waals surface area contributed by atoms with Gasteiger partial charge in [0, 0.05) is 31.6 Å². The maximum Gasteiger partial charge on any atom is 0.317 e. The fourth-order valence-electron chi connectivity index (χ4n) is 2.10. The van der Waals surface area contributed by atoms with E-state index < -0.39 is 11.5 Å². The third kappa shape index (κ3) is 5.92. The molecule has 1 aliphatic heterocycles. The van der Waals surface area contributed by atoms with Gasteiger partial charge < -0.3 is 20.2 Å². The Morgan fingerprint density at radius 3 is 2.53 bits per heavy atom. The van der Waals surface area contributed by atoms with Crippen molar-refractivity contribution in [3.8, 4) is 0 Å². The summed E-state index contributed by atoms with van der Waals surface area (Å²) < 4.78 is 0. The molecule has 19 heavy (non-hydrogen) atoms. The van der Waals surface area contributed by atoms with Gasteiger partial charge in [-0.1, -0.05) is 0 Å². The Labute approximate surface area is 114 Å². The van der Waals surface area contributed by atoms with Crippen molar-refractivity contribution in [1.29, 1.82) is 0 Å². The van der Waals surface area contributed by atoms with Crippen LogP contribution in [0.2, 0.25) is 0 Å². The number of likely N-dealkylation sites (N-methyl/N-ethyl adjacent to an activating group) is 1. The lowest BCUT2D eigenvalue weighted by Crippen LogP contribution is -2.51. The number of urea groups is 1. The van der Waals surface area contributed by atoms with Gasteiger partial charge in [0.25, 0.3) is 0 Å². The molecule has 0 saturated carbocycles. The molecule has 1 saturated heterocycles. The van der Waals surface area contributed by atoms with Gasteiger partial charge in [0.05, 0.1) is 0 Å². The van der Waals surface area contributed by atoms with Crippen LogP contribution in [0.4, 0.5) is 4.79 Å². The van der Waals surface area contributed by atoms with Crippen LogP contribution in [-0.2, 0) is 4.79 Å². The number of hydrogen-bond acceptors (Lipinski definition) is 3. The van der Waals surface area contributed by atoms with Gasteiger partial charge in [0.2, 0.25) is 0 Å².